The van der Waals surface area contributed by atoms with Crippen LogP contribution in [0.4, 0.5) is 0 Å². The molecule has 0 spiro atoms. The van der Waals surface area contributed by atoms with E-state index >= 15 is 0 Å². The highest BCUT2D eigenvalue weighted by molar-refractivity contribution is 7.80. The molecule has 0 radical (unpaired) electrons. The van der Waals surface area contributed by atoms with Crippen molar-refractivity contribution in [3.63, 3.8) is 0 Å². The van der Waals surface area contributed by atoms with Gasteiger partial charge in [-0.05, 0) is 49.0 Å². The van der Waals surface area contributed by atoms with Gasteiger partial charge in [0.15, 0.2) is 18.3 Å². The van der Waals surface area contributed by atoms with E-state index in [2.05, 4.69) is 16.2 Å². The summed E-state index contributed by atoms with van der Waals surface area (Å²) in [5, 5.41) is 2.35. The Kier molecular flexibility index (Phi) is 7.38. The van der Waals surface area contributed by atoms with Gasteiger partial charge in [0, 0.05) is 0 Å². The third-order valence-electron chi connectivity index (χ3n) is 3.04. The maximum atomic E-state index is 11.8. The van der Waals surface area contributed by atoms with Crippen LogP contribution in [-0.4, -0.2) is 30.1 Å². The summed E-state index contributed by atoms with van der Waals surface area (Å²) in [6.07, 6.45) is 0. The van der Waals surface area contributed by atoms with E-state index in [-0.39, 0.29) is 18.3 Å². The molecule has 0 unspecified atom stereocenters. The molecule has 8 heteroatoms. The first-order valence-electron chi connectivity index (χ1n) is 7.79. The van der Waals surface area contributed by atoms with E-state index in [1.165, 1.54) is 0 Å². The lowest BCUT2D eigenvalue weighted by molar-refractivity contribution is -0.124. The van der Waals surface area contributed by atoms with Crippen LogP contribution in [0, 0.1) is 6.92 Å². The van der Waals surface area contributed by atoms with Crippen LogP contribution in [0.2, 0.25) is 0 Å². The summed E-state index contributed by atoms with van der Waals surface area (Å²) in [6, 6.07) is 16.3. The second-order valence-electron chi connectivity index (χ2n) is 5.26. The molecule has 0 aliphatic rings. The second kappa shape index (κ2) is 10.00. The van der Waals surface area contributed by atoms with Crippen molar-refractivity contribution < 1.29 is 19.1 Å². The van der Waals surface area contributed by atoms with Crippen LogP contribution in [0.25, 0.3) is 0 Å². The standard InChI is InChI=1S/C18H19N3O4S/c1-13-6-5-9-15(10-13)25-11-16(22)19-18(26)21-20-17(23)12-24-14-7-3-2-4-8-14/h2-10H,11-12H2,1H3,(H,20,23)(H2,19,21,22,26). The van der Waals surface area contributed by atoms with Crippen molar-refractivity contribution in [2.24, 2.45) is 0 Å². The van der Waals surface area contributed by atoms with Crippen molar-refractivity contribution in [1.82, 2.24) is 16.2 Å². The predicted octanol–water partition coefficient (Wildman–Crippen LogP) is 1.47. The van der Waals surface area contributed by atoms with Gasteiger partial charge in [-0.25, -0.2) is 0 Å². The Morgan fingerprint density at radius 2 is 1.54 bits per heavy atom. The number of nitrogens with one attached hydrogen (secondary N) is 3. The Balaban J connectivity index is 1.63. The largest absolute Gasteiger partial charge is 0.484 e. The number of para-hydroxylation sites is 1. The van der Waals surface area contributed by atoms with Gasteiger partial charge in [0.05, 0.1) is 0 Å². The van der Waals surface area contributed by atoms with Crippen LogP contribution < -0.4 is 25.6 Å². The molecule has 0 saturated carbocycles. The molecule has 7 nitrogen and oxygen atoms in total. The Morgan fingerprint density at radius 1 is 0.885 bits per heavy atom. The van der Waals surface area contributed by atoms with E-state index in [1.54, 1.807) is 30.3 Å². The number of hydrogen-bond acceptors (Lipinski definition) is 5. The molecule has 0 fully saturated rings. The van der Waals surface area contributed by atoms with E-state index in [0.29, 0.717) is 11.5 Å². The third-order valence-corrected chi connectivity index (χ3v) is 3.25. The lowest BCUT2D eigenvalue weighted by atomic mass is 10.2. The van der Waals surface area contributed by atoms with E-state index < -0.39 is 11.8 Å². The normalized spacial score (nSPS) is 9.73. The van der Waals surface area contributed by atoms with Gasteiger partial charge >= 0.3 is 0 Å². The number of thiocarbonyl (C=S) groups is 1. The summed E-state index contributed by atoms with van der Waals surface area (Å²) >= 11 is 4.92. The summed E-state index contributed by atoms with van der Waals surface area (Å²) in [7, 11) is 0. The minimum atomic E-state index is -0.446. The van der Waals surface area contributed by atoms with Gasteiger partial charge in [-0.1, -0.05) is 30.3 Å². The van der Waals surface area contributed by atoms with Gasteiger partial charge in [0.2, 0.25) is 0 Å². The number of carbonyl (C=O) groups excluding carboxylic acids is 2. The maximum absolute atomic E-state index is 11.8. The third kappa shape index (κ3) is 7.18. The highest BCUT2D eigenvalue weighted by Gasteiger charge is 2.07. The van der Waals surface area contributed by atoms with Crippen LogP contribution >= 0.6 is 12.2 Å². The molecule has 0 heterocycles. The minimum Gasteiger partial charge on any atom is -0.484 e. The van der Waals surface area contributed by atoms with Crippen LogP contribution in [-0.2, 0) is 9.59 Å². The zero-order valence-corrected chi connectivity index (χ0v) is 15.0. The van der Waals surface area contributed by atoms with Gasteiger partial charge in [-0.15, -0.1) is 0 Å². The number of hydrogen-bond donors (Lipinski definition) is 3. The molecular formula is C18H19N3O4S. The molecule has 136 valence electrons. The molecule has 0 atom stereocenters. The number of aryl methyl sites for hydroxylation is 1. The smallest absolute Gasteiger partial charge is 0.276 e. The van der Waals surface area contributed by atoms with E-state index in [4.69, 9.17) is 21.7 Å². The average molecular weight is 373 g/mol. The van der Waals surface area contributed by atoms with Gasteiger partial charge in [0.25, 0.3) is 11.8 Å². The topological polar surface area (TPSA) is 88.7 Å². The fraction of sp³-hybridized carbons (Fsp3) is 0.167. The van der Waals surface area contributed by atoms with Crippen molar-refractivity contribution >= 4 is 29.1 Å². The molecule has 3 N–H and O–H groups in total. The number of carbonyl (C=O) groups is 2. The van der Waals surface area contributed by atoms with Crippen molar-refractivity contribution in [3.05, 3.63) is 60.2 Å². The first-order valence-corrected chi connectivity index (χ1v) is 8.20. The average Bonchev–Trinajstić information content (AvgIpc) is 2.64. The van der Waals surface area contributed by atoms with Crippen molar-refractivity contribution in [3.8, 4) is 11.5 Å². The molecule has 0 aliphatic heterocycles. The quantitative estimate of drug-likeness (QED) is 0.525. The van der Waals surface area contributed by atoms with Crippen molar-refractivity contribution in [2.45, 2.75) is 6.92 Å². The summed E-state index contributed by atoms with van der Waals surface area (Å²) in [5.41, 5.74) is 5.78. The Bertz CT molecular complexity index is 768. The Hall–Kier alpha value is -3.13. The number of amides is 2. The lowest BCUT2D eigenvalue weighted by Crippen LogP contribution is -2.50. The first-order chi connectivity index (χ1) is 12.5. The molecule has 2 aromatic carbocycles. The summed E-state index contributed by atoms with van der Waals surface area (Å²) in [6.45, 7) is 1.54. The van der Waals surface area contributed by atoms with Crippen molar-refractivity contribution in [2.75, 3.05) is 13.2 Å². The number of ether oxygens (including phenoxy) is 2. The number of rotatable bonds is 6. The van der Waals surface area contributed by atoms with Crippen LogP contribution in [0.3, 0.4) is 0 Å². The number of benzene rings is 2. The monoisotopic (exact) mass is 373 g/mol. The van der Waals surface area contributed by atoms with Crippen LogP contribution in [0.1, 0.15) is 5.56 Å². The summed E-state index contributed by atoms with van der Waals surface area (Å²) < 4.78 is 10.6. The molecule has 0 bridgehead atoms. The molecule has 0 aliphatic carbocycles. The van der Waals surface area contributed by atoms with E-state index in [1.807, 2.05) is 31.2 Å². The molecule has 0 saturated heterocycles. The first kappa shape index (κ1) is 19.2. The summed E-state index contributed by atoms with van der Waals surface area (Å²) in [5.74, 6) is 0.275. The fourth-order valence-corrected chi connectivity index (χ4v) is 2.04. The van der Waals surface area contributed by atoms with Crippen LogP contribution in [0.5, 0.6) is 11.5 Å². The molecule has 26 heavy (non-hydrogen) atoms. The molecule has 2 amide bonds. The minimum absolute atomic E-state index is 0.0455. The zero-order chi connectivity index (χ0) is 18.8. The molecule has 2 aromatic rings. The van der Waals surface area contributed by atoms with Gasteiger partial charge < -0.3 is 9.47 Å². The number of hydrazine groups is 1. The highest BCUT2D eigenvalue weighted by atomic mass is 32.1. The zero-order valence-electron chi connectivity index (χ0n) is 14.2. The lowest BCUT2D eigenvalue weighted by Gasteiger charge is -2.12. The van der Waals surface area contributed by atoms with Gasteiger partial charge in [-0.2, -0.15) is 0 Å². The van der Waals surface area contributed by atoms with E-state index in [9.17, 15) is 9.59 Å². The Labute approximate surface area is 156 Å². The van der Waals surface area contributed by atoms with E-state index in [0.717, 1.165) is 5.56 Å². The Morgan fingerprint density at radius 3 is 2.27 bits per heavy atom. The predicted molar refractivity (Wildman–Crippen MR) is 101 cm³/mol. The van der Waals surface area contributed by atoms with Gasteiger partial charge in [0.1, 0.15) is 11.5 Å². The van der Waals surface area contributed by atoms with Gasteiger partial charge in [-0.3, -0.25) is 25.8 Å². The second-order valence-corrected chi connectivity index (χ2v) is 5.67. The maximum Gasteiger partial charge on any atom is 0.276 e. The highest BCUT2D eigenvalue weighted by Crippen LogP contribution is 2.11. The van der Waals surface area contributed by atoms with Crippen LogP contribution in [0.15, 0.2) is 54.6 Å². The molecule has 2 rings (SSSR count). The van der Waals surface area contributed by atoms with Crippen molar-refractivity contribution in [1.29, 1.82) is 0 Å². The molecule has 0 aromatic heterocycles. The molecular weight excluding hydrogens is 354 g/mol. The fourth-order valence-electron chi connectivity index (χ4n) is 1.88. The summed E-state index contributed by atoms with van der Waals surface area (Å²) in [4.78, 5) is 23.4. The SMILES string of the molecule is Cc1cccc(OCC(=O)NC(=S)NNC(=O)COc2ccccc2)c1.